The summed E-state index contributed by atoms with van der Waals surface area (Å²) in [4.78, 5) is 11.8. The maximum Gasteiger partial charge on any atom is 0.310 e. The zero-order chi connectivity index (χ0) is 13.1. The van der Waals surface area contributed by atoms with Crippen molar-refractivity contribution in [3.05, 3.63) is 34.1 Å². The van der Waals surface area contributed by atoms with Crippen molar-refractivity contribution in [2.24, 2.45) is 5.92 Å². The van der Waals surface area contributed by atoms with Crippen molar-refractivity contribution < 1.29 is 13.9 Å². The first-order valence-corrected chi connectivity index (χ1v) is 6.75. The topological polar surface area (TPSA) is 38.3 Å². The van der Waals surface area contributed by atoms with E-state index in [0.717, 1.165) is 5.56 Å². The van der Waals surface area contributed by atoms with E-state index in [0.29, 0.717) is 24.2 Å². The Balaban J connectivity index is 2.20. The Kier molecular flexibility index (Phi) is 4.35. The van der Waals surface area contributed by atoms with E-state index in [1.165, 1.54) is 6.07 Å². The highest BCUT2D eigenvalue weighted by molar-refractivity contribution is 9.10. The molecule has 0 saturated carbocycles. The number of hydrogen-bond donors (Lipinski definition) is 1. The number of benzene rings is 1. The second-order valence-electron chi connectivity index (χ2n) is 4.30. The van der Waals surface area contributed by atoms with Crippen molar-refractivity contribution in [1.29, 1.82) is 0 Å². The molecule has 18 heavy (non-hydrogen) atoms. The molecule has 0 aromatic heterocycles. The zero-order valence-corrected chi connectivity index (χ0v) is 11.7. The molecule has 2 atom stereocenters. The molecule has 2 rings (SSSR count). The Morgan fingerprint density at radius 2 is 2.33 bits per heavy atom. The van der Waals surface area contributed by atoms with Crippen molar-refractivity contribution in [2.75, 3.05) is 19.7 Å². The summed E-state index contributed by atoms with van der Waals surface area (Å²) in [6.07, 6.45) is 0. The van der Waals surface area contributed by atoms with Crippen LogP contribution in [-0.2, 0) is 9.53 Å². The number of esters is 1. The second-order valence-corrected chi connectivity index (χ2v) is 5.15. The highest BCUT2D eigenvalue weighted by Gasteiger charge is 2.35. The molecule has 0 bridgehead atoms. The number of rotatable bonds is 3. The Bertz CT molecular complexity index is 453. The molecule has 0 aliphatic carbocycles. The zero-order valence-electron chi connectivity index (χ0n) is 10.1. The van der Waals surface area contributed by atoms with E-state index in [1.54, 1.807) is 13.0 Å². The molecule has 0 radical (unpaired) electrons. The molecule has 0 amide bonds. The van der Waals surface area contributed by atoms with Crippen LogP contribution in [0.5, 0.6) is 0 Å². The number of nitrogens with one attached hydrogen (secondary N) is 1. The lowest BCUT2D eigenvalue weighted by Crippen LogP contribution is -2.24. The monoisotopic (exact) mass is 315 g/mol. The number of carbonyl (C=O) groups is 1. The Hall–Kier alpha value is -0.940. The predicted molar refractivity (Wildman–Crippen MR) is 69.8 cm³/mol. The van der Waals surface area contributed by atoms with Crippen LogP contribution in [0.3, 0.4) is 0 Å². The van der Waals surface area contributed by atoms with Crippen LogP contribution in [-0.4, -0.2) is 25.7 Å². The van der Waals surface area contributed by atoms with E-state index >= 15 is 0 Å². The van der Waals surface area contributed by atoms with Crippen LogP contribution in [0.2, 0.25) is 0 Å². The van der Waals surface area contributed by atoms with E-state index < -0.39 is 0 Å². The van der Waals surface area contributed by atoms with Gasteiger partial charge in [0.25, 0.3) is 0 Å². The lowest BCUT2D eigenvalue weighted by atomic mass is 9.89. The van der Waals surface area contributed by atoms with Gasteiger partial charge in [-0.3, -0.25) is 4.79 Å². The molecule has 1 saturated heterocycles. The van der Waals surface area contributed by atoms with E-state index in [-0.39, 0.29) is 23.6 Å². The summed E-state index contributed by atoms with van der Waals surface area (Å²) in [7, 11) is 0. The van der Waals surface area contributed by atoms with Gasteiger partial charge < -0.3 is 10.1 Å². The Morgan fingerprint density at radius 1 is 1.56 bits per heavy atom. The average molecular weight is 316 g/mol. The van der Waals surface area contributed by atoms with Gasteiger partial charge in [-0.2, -0.15) is 0 Å². The standard InChI is InChI=1S/C13H15BrFNO2/c1-2-18-13(17)10-7-16-6-9(10)8-3-4-11(14)12(15)5-8/h3-5,9-10,16H,2,6-7H2,1H3. The number of halogens is 2. The summed E-state index contributed by atoms with van der Waals surface area (Å²) >= 11 is 3.12. The molecule has 1 aliphatic heterocycles. The third-order valence-corrected chi connectivity index (χ3v) is 3.82. The van der Waals surface area contributed by atoms with E-state index in [4.69, 9.17) is 4.74 Å². The summed E-state index contributed by atoms with van der Waals surface area (Å²) in [5, 5.41) is 3.16. The highest BCUT2D eigenvalue weighted by Crippen LogP contribution is 2.31. The molecule has 5 heteroatoms. The molecule has 1 aliphatic rings. The molecular weight excluding hydrogens is 301 g/mol. The Morgan fingerprint density at radius 3 is 3.00 bits per heavy atom. The first-order valence-electron chi connectivity index (χ1n) is 5.95. The van der Waals surface area contributed by atoms with Crippen LogP contribution in [0.4, 0.5) is 4.39 Å². The maximum absolute atomic E-state index is 13.5. The van der Waals surface area contributed by atoms with Gasteiger partial charge in [0, 0.05) is 19.0 Å². The fourth-order valence-corrected chi connectivity index (χ4v) is 2.52. The van der Waals surface area contributed by atoms with Crippen molar-refractivity contribution >= 4 is 21.9 Å². The van der Waals surface area contributed by atoms with Gasteiger partial charge in [0.1, 0.15) is 5.82 Å². The second kappa shape index (κ2) is 5.80. The molecule has 0 spiro atoms. The minimum atomic E-state index is -0.304. The van der Waals surface area contributed by atoms with Gasteiger partial charge >= 0.3 is 5.97 Å². The van der Waals surface area contributed by atoms with Crippen molar-refractivity contribution in [3.63, 3.8) is 0 Å². The normalized spacial score (nSPS) is 23.1. The van der Waals surface area contributed by atoms with E-state index in [1.807, 2.05) is 6.07 Å². The van der Waals surface area contributed by atoms with Crippen molar-refractivity contribution in [1.82, 2.24) is 5.32 Å². The van der Waals surface area contributed by atoms with Crippen LogP contribution in [0.25, 0.3) is 0 Å². The summed E-state index contributed by atoms with van der Waals surface area (Å²) in [6.45, 7) is 3.41. The van der Waals surface area contributed by atoms with Crippen molar-refractivity contribution in [2.45, 2.75) is 12.8 Å². The minimum Gasteiger partial charge on any atom is -0.466 e. The predicted octanol–water partition coefficient (Wildman–Crippen LogP) is 2.45. The molecule has 3 nitrogen and oxygen atoms in total. The number of hydrogen-bond acceptors (Lipinski definition) is 3. The van der Waals surface area contributed by atoms with Gasteiger partial charge in [-0.05, 0) is 40.5 Å². The van der Waals surface area contributed by atoms with E-state index in [2.05, 4.69) is 21.2 Å². The molecule has 1 aromatic rings. The van der Waals surface area contributed by atoms with Gasteiger partial charge in [-0.15, -0.1) is 0 Å². The molecule has 98 valence electrons. The first kappa shape index (κ1) is 13.5. The van der Waals surface area contributed by atoms with Crippen LogP contribution >= 0.6 is 15.9 Å². The lowest BCUT2D eigenvalue weighted by molar-refractivity contribution is -0.147. The van der Waals surface area contributed by atoms with E-state index in [9.17, 15) is 9.18 Å². The number of ether oxygens (including phenoxy) is 1. The molecule has 2 unspecified atom stereocenters. The maximum atomic E-state index is 13.5. The quantitative estimate of drug-likeness (QED) is 0.871. The summed E-state index contributed by atoms with van der Waals surface area (Å²) in [5.74, 6) is -0.769. The fraction of sp³-hybridized carbons (Fsp3) is 0.462. The van der Waals surface area contributed by atoms with Gasteiger partial charge in [0.15, 0.2) is 0 Å². The molecular formula is C13H15BrFNO2. The summed E-state index contributed by atoms with van der Waals surface area (Å²) in [6, 6.07) is 5.00. The largest absolute Gasteiger partial charge is 0.466 e. The molecule has 1 heterocycles. The number of carbonyl (C=O) groups excluding carboxylic acids is 1. The minimum absolute atomic E-state index is 0.0216. The molecule has 1 aromatic carbocycles. The molecule has 1 fully saturated rings. The Labute approximate surface area is 114 Å². The lowest BCUT2D eigenvalue weighted by Gasteiger charge is -2.17. The third-order valence-electron chi connectivity index (χ3n) is 3.18. The van der Waals surface area contributed by atoms with Gasteiger partial charge in [0.05, 0.1) is 17.0 Å². The van der Waals surface area contributed by atoms with Crippen LogP contribution in [0.15, 0.2) is 22.7 Å². The van der Waals surface area contributed by atoms with Crippen LogP contribution in [0, 0.1) is 11.7 Å². The summed E-state index contributed by atoms with van der Waals surface area (Å²) < 4.78 is 19.0. The third kappa shape index (κ3) is 2.72. The smallest absolute Gasteiger partial charge is 0.310 e. The first-order chi connectivity index (χ1) is 8.63. The van der Waals surface area contributed by atoms with Crippen LogP contribution < -0.4 is 5.32 Å². The molecule has 1 N–H and O–H groups in total. The average Bonchev–Trinajstić information content (AvgIpc) is 2.82. The fourth-order valence-electron chi connectivity index (χ4n) is 2.27. The van der Waals surface area contributed by atoms with Gasteiger partial charge in [-0.1, -0.05) is 6.07 Å². The van der Waals surface area contributed by atoms with Gasteiger partial charge in [0.2, 0.25) is 0 Å². The van der Waals surface area contributed by atoms with Gasteiger partial charge in [-0.25, -0.2) is 4.39 Å². The van der Waals surface area contributed by atoms with Crippen molar-refractivity contribution in [3.8, 4) is 0 Å². The summed E-state index contributed by atoms with van der Waals surface area (Å²) in [5.41, 5.74) is 0.832. The SMILES string of the molecule is CCOC(=O)C1CNCC1c1ccc(Br)c(F)c1. The highest BCUT2D eigenvalue weighted by atomic mass is 79.9. The van der Waals surface area contributed by atoms with Crippen LogP contribution in [0.1, 0.15) is 18.4 Å².